The third kappa shape index (κ3) is 2.79. The minimum atomic E-state index is -4.61. The Morgan fingerprint density at radius 1 is 1.35 bits per heavy atom. The number of halogens is 3. The van der Waals surface area contributed by atoms with Gasteiger partial charge in [0, 0.05) is 20.1 Å². The molecule has 2 heterocycles. The molecular formula is C12H16F3N3O2. The van der Waals surface area contributed by atoms with Crippen molar-refractivity contribution in [3.63, 3.8) is 0 Å². The zero-order valence-electron chi connectivity index (χ0n) is 11.4. The van der Waals surface area contributed by atoms with E-state index >= 15 is 0 Å². The summed E-state index contributed by atoms with van der Waals surface area (Å²) in [5.41, 5.74) is -1.43. The Balaban J connectivity index is 2.30. The number of hydrogen-bond donors (Lipinski definition) is 0. The third-order valence-electron chi connectivity index (χ3n) is 3.14. The number of aryl methyl sites for hydroxylation is 1. The number of aromatic nitrogens is 2. The van der Waals surface area contributed by atoms with Gasteiger partial charge in [0.2, 0.25) is 0 Å². The molecule has 0 unspecified atom stereocenters. The number of rotatable bonds is 1. The predicted molar refractivity (Wildman–Crippen MR) is 64.1 cm³/mol. The van der Waals surface area contributed by atoms with Crippen LogP contribution in [0.4, 0.5) is 13.2 Å². The molecule has 8 heteroatoms. The molecule has 1 aliphatic rings. The van der Waals surface area contributed by atoms with Crippen molar-refractivity contribution < 1.29 is 22.7 Å². The summed E-state index contributed by atoms with van der Waals surface area (Å²) in [6, 6.07) is 0. The van der Waals surface area contributed by atoms with Crippen LogP contribution >= 0.6 is 0 Å². The van der Waals surface area contributed by atoms with Crippen molar-refractivity contribution in [3.05, 3.63) is 17.5 Å². The molecule has 0 bridgehead atoms. The lowest BCUT2D eigenvalue weighted by molar-refractivity contribution is -0.144. The number of morpholine rings is 1. The number of nitrogens with zero attached hydrogens (tertiary/aromatic N) is 3. The van der Waals surface area contributed by atoms with Crippen molar-refractivity contribution in [2.45, 2.75) is 32.2 Å². The molecule has 0 radical (unpaired) electrons. The number of amides is 1. The van der Waals surface area contributed by atoms with Crippen molar-refractivity contribution in [3.8, 4) is 0 Å². The molecule has 2 atom stereocenters. The summed E-state index contributed by atoms with van der Waals surface area (Å²) in [5, 5.41) is 3.55. The van der Waals surface area contributed by atoms with E-state index in [2.05, 4.69) is 5.10 Å². The smallest absolute Gasteiger partial charge is 0.372 e. The van der Waals surface area contributed by atoms with E-state index < -0.39 is 23.3 Å². The van der Waals surface area contributed by atoms with Crippen LogP contribution in [0.15, 0.2) is 6.20 Å². The van der Waals surface area contributed by atoms with E-state index in [9.17, 15) is 18.0 Å². The van der Waals surface area contributed by atoms with Gasteiger partial charge in [-0.2, -0.15) is 18.3 Å². The van der Waals surface area contributed by atoms with Gasteiger partial charge in [-0.05, 0) is 13.8 Å². The molecule has 2 rings (SSSR count). The van der Waals surface area contributed by atoms with Gasteiger partial charge in [0.15, 0.2) is 5.69 Å². The van der Waals surface area contributed by atoms with Gasteiger partial charge in [-0.1, -0.05) is 0 Å². The fraction of sp³-hybridized carbons (Fsp3) is 0.667. The Hall–Kier alpha value is -1.57. The number of carbonyl (C=O) groups excluding carboxylic acids is 1. The van der Waals surface area contributed by atoms with Gasteiger partial charge < -0.3 is 9.64 Å². The first-order valence-corrected chi connectivity index (χ1v) is 6.24. The topological polar surface area (TPSA) is 47.4 Å². The minimum absolute atomic E-state index is 0.200. The van der Waals surface area contributed by atoms with Crippen LogP contribution in [0.25, 0.3) is 0 Å². The van der Waals surface area contributed by atoms with Crippen LogP contribution in [0.2, 0.25) is 0 Å². The van der Waals surface area contributed by atoms with Crippen molar-refractivity contribution in [2.24, 2.45) is 7.05 Å². The second-order valence-electron chi connectivity index (χ2n) is 5.00. The molecule has 0 N–H and O–H groups in total. The Bertz CT molecular complexity index is 503. The average molecular weight is 291 g/mol. The maximum Gasteiger partial charge on any atom is 0.433 e. The fourth-order valence-electron chi connectivity index (χ4n) is 2.44. The van der Waals surface area contributed by atoms with Gasteiger partial charge in [-0.25, -0.2) is 0 Å². The first kappa shape index (κ1) is 14.8. The van der Waals surface area contributed by atoms with Crippen molar-refractivity contribution in [2.75, 3.05) is 13.1 Å². The summed E-state index contributed by atoms with van der Waals surface area (Å²) < 4.78 is 45.1. The summed E-state index contributed by atoms with van der Waals surface area (Å²) in [6.07, 6.45) is -4.04. The van der Waals surface area contributed by atoms with Crippen LogP contribution in [-0.4, -0.2) is 45.9 Å². The largest absolute Gasteiger partial charge is 0.433 e. The van der Waals surface area contributed by atoms with Crippen molar-refractivity contribution in [1.29, 1.82) is 0 Å². The molecular weight excluding hydrogens is 275 g/mol. The zero-order chi connectivity index (χ0) is 15.1. The van der Waals surface area contributed by atoms with E-state index in [1.165, 1.54) is 11.9 Å². The molecule has 1 aliphatic heterocycles. The predicted octanol–water partition coefficient (Wildman–Crippen LogP) is 1.69. The second-order valence-corrected chi connectivity index (χ2v) is 5.00. The first-order valence-electron chi connectivity index (χ1n) is 6.24. The highest BCUT2D eigenvalue weighted by Crippen LogP contribution is 2.32. The van der Waals surface area contributed by atoms with Crippen LogP contribution in [0, 0.1) is 0 Å². The maximum absolute atomic E-state index is 13.0. The van der Waals surface area contributed by atoms with Crippen LogP contribution < -0.4 is 0 Å². The highest BCUT2D eigenvalue weighted by Gasteiger charge is 2.41. The van der Waals surface area contributed by atoms with Crippen LogP contribution in [0.3, 0.4) is 0 Å². The van der Waals surface area contributed by atoms with E-state index in [1.807, 2.05) is 0 Å². The summed E-state index contributed by atoms with van der Waals surface area (Å²) in [5.74, 6) is -0.660. The fourth-order valence-corrected chi connectivity index (χ4v) is 2.44. The van der Waals surface area contributed by atoms with Crippen LogP contribution in [0.1, 0.15) is 29.9 Å². The summed E-state index contributed by atoms with van der Waals surface area (Å²) in [6.45, 7) is 4.11. The quantitative estimate of drug-likeness (QED) is 0.791. The molecule has 0 aromatic carbocycles. The standard InChI is InChI=1S/C12H16F3N3O2/c1-7-5-18(6-8(2)20-7)11(19)9-4-16-17(3)10(9)12(13,14)15/h4,7-8H,5-6H2,1-3H3/t7-,8+. The highest BCUT2D eigenvalue weighted by molar-refractivity contribution is 5.95. The maximum atomic E-state index is 13.0. The Kier molecular flexibility index (Phi) is 3.77. The molecule has 1 amide bonds. The van der Waals surface area contributed by atoms with Gasteiger partial charge >= 0.3 is 6.18 Å². The lowest BCUT2D eigenvalue weighted by Gasteiger charge is -2.35. The average Bonchev–Trinajstić information content (AvgIpc) is 2.68. The van der Waals surface area contributed by atoms with E-state index in [0.717, 1.165) is 6.20 Å². The SMILES string of the molecule is C[C@@H]1CN(C(=O)c2cnn(C)c2C(F)(F)F)C[C@H](C)O1. The lowest BCUT2D eigenvalue weighted by atomic mass is 10.1. The van der Waals surface area contributed by atoms with Crippen molar-refractivity contribution >= 4 is 5.91 Å². The van der Waals surface area contributed by atoms with E-state index in [0.29, 0.717) is 4.68 Å². The molecule has 112 valence electrons. The summed E-state index contributed by atoms with van der Waals surface area (Å²) in [7, 11) is 1.17. The van der Waals surface area contributed by atoms with Gasteiger partial charge in [0.1, 0.15) is 0 Å². The van der Waals surface area contributed by atoms with E-state index in [1.54, 1.807) is 13.8 Å². The molecule has 5 nitrogen and oxygen atoms in total. The highest BCUT2D eigenvalue weighted by atomic mass is 19.4. The molecule has 1 saturated heterocycles. The molecule has 0 aliphatic carbocycles. The lowest BCUT2D eigenvalue weighted by Crippen LogP contribution is -2.48. The molecule has 0 saturated carbocycles. The second kappa shape index (κ2) is 5.08. The zero-order valence-corrected chi connectivity index (χ0v) is 11.4. The Morgan fingerprint density at radius 3 is 2.40 bits per heavy atom. The number of ether oxygens (including phenoxy) is 1. The minimum Gasteiger partial charge on any atom is -0.372 e. The van der Waals surface area contributed by atoms with Gasteiger partial charge in [-0.15, -0.1) is 0 Å². The van der Waals surface area contributed by atoms with Gasteiger partial charge in [-0.3, -0.25) is 9.48 Å². The van der Waals surface area contributed by atoms with E-state index in [4.69, 9.17) is 4.74 Å². The Morgan fingerprint density at radius 2 is 1.90 bits per heavy atom. The molecule has 0 spiro atoms. The third-order valence-corrected chi connectivity index (χ3v) is 3.14. The molecule has 1 fully saturated rings. The van der Waals surface area contributed by atoms with Crippen molar-refractivity contribution in [1.82, 2.24) is 14.7 Å². The van der Waals surface area contributed by atoms with Gasteiger partial charge in [0.05, 0.1) is 24.0 Å². The van der Waals surface area contributed by atoms with Gasteiger partial charge in [0.25, 0.3) is 5.91 Å². The summed E-state index contributed by atoms with van der Waals surface area (Å²) in [4.78, 5) is 13.7. The summed E-state index contributed by atoms with van der Waals surface area (Å²) >= 11 is 0. The molecule has 1 aromatic rings. The van der Waals surface area contributed by atoms with Crippen LogP contribution in [0.5, 0.6) is 0 Å². The number of carbonyl (C=O) groups is 1. The first-order chi connectivity index (χ1) is 9.20. The normalized spacial score (nSPS) is 24.0. The Labute approximate surface area is 114 Å². The number of alkyl halides is 3. The number of hydrogen-bond acceptors (Lipinski definition) is 3. The monoisotopic (exact) mass is 291 g/mol. The molecule has 20 heavy (non-hydrogen) atoms. The molecule has 1 aromatic heterocycles. The van der Waals surface area contributed by atoms with Crippen LogP contribution in [-0.2, 0) is 18.0 Å². The van der Waals surface area contributed by atoms with E-state index in [-0.39, 0.29) is 25.3 Å².